The van der Waals surface area contributed by atoms with Crippen LogP contribution in [0.15, 0.2) is 48.6 Å². The van der Waals surface area contributed by atoms with E-state index in [0.29, 0.717) is 12.8 Å². The topological polar surface area (TPSA) is 57.5 Å². The van der Waals surface area contributed by atoms with Gasteiger partial charge < -0.3 is 10.2 Å². The van der Waals surface area contributed by atoms with E-state index in [1.807, 2.05) is 24.3 Å². The summed E-state index contributed by atoms with van der Waals surface area (Å²) in [4.78, 5) is 10.3. The second-order valence-corrected chi connectivity index (χ2v) is 5.58. The number of aliphatic carboxylic acids is 1. The largest absolute Gasteiger partial charge is 0.481 e. The summed E-state index contributed by atoms with van der Waals surface area (Å²) >= 11 is 0. The van der Waals surface area contributed by atoms with E-state index in [1.165, 1.54) is 19.3 Å². The van der Waals surface area contributed by atoms with E-state index in [0.717, 1.165) is 19.3 Å². The molecular formula is C20H32O3. The lowest BCUT2D eigenvalue weighted by molar-refractivity contribution is -0.137. The molecule has 0 heterocycles. The molecule has 0 unspecified atom stereocenters. The minimum Gasteiger partial charge on any atom is -0.481 e. The van der Waals surface area contributed by atoms with Gasteiger partial charge in [0.1, 0.15) is 0 Å². The van der Waals surface area contributed by atoms with E-state index in [4.69, 9.17) is 5.11 Å². The monoisotopic (exact) mass is 320 g/mol. The number of aliphatic hydroxyl groups is 1. The van der Waals surface area contributed by atoms with Crippen molar-refractivity contribution in [1.82, 2.24) is 0 Å². The fourth-order valence-corrected chi connectivity index (χ4v) is 1.96. The van der Waals surface area contributed by atoms with Crippen molar-refractivity contribution in [3.63, 3.8) is 0 Å². The number of hydrogen-bond acceptors (Lipinski definition) is 2. The molecule has 3 heteroatoms. The van der Waals surface area contributed by atoms with Crippen LogP contribution in [0.2, 0.25) is 0 Å². The summed E-state index contributed by atoms with van der Waals surface area (Å²) in [5, 5.41) is 18.2. The molecule has 23 heavy (non-hydrogen) atoms. The van der Waals surface area contributed by atoms with Crippen LogP contribution in [-0.4, -0.2) is 22.3 Å². The Kier molecular flexibility index (Phi) is 15.6. The van der Waals surface area contributed by atoms with E-state index in [2.05, 4.69) is 25.2 Å². The summed E-state index contributed by atoms with van der Waals surface area (Å²) < 4.78 is 0. The van der Waals surface area contributed by atoms with Crippen LogP contribution in [0.1, 0.15) is 64.7 Å². The van der Waals surface area contributed by atoms with Crippen LogP contribution in [0.5, 0.6) is 0 Å². The number of carboxylic acid groups (broad SMARTS) is 1. The number of allylic oxidation sites excluding steroid dienone is 6. The Hall–Kier alpha value is -1.61. The Bertz CT molecular complexity index is 392. The summed E-state index contributed by atoms with van der Waals surface area (Å²) in [6, 6.07) is 0. The van der Waals surface area contributed by atoms with Gasteiger partial charge >= 0.3 is 5.97 Å². The van der Waals surface area contributed by atoms with Gasteiger partial charge in [0.25, 0.3) is 0 Å². The molecule has 2 N–H and O–H groups in total. The highest BCUT2D eigenvalue weighted by atomic mass is 16.4. The zero-order chi connectivity index (χ0) is 17.2. The zero-order valence-corrected chi connectivity index (χ0v) is 14.4. The highest BCUT2D eigenvalue weighted by Crippen LogP contribution is 2.02. The summed E-state index contributed by atoms with van der Waals surface area (Å²) in [6.45, 7) is 2.21. The second-order valence-electron chi connectivity index (χ2n) is 5.58. The van der Waals surface area contributed by atoms with Gasteiger partial charge in [-0.3, -0.25) is 4.79 Å². The molecule has 0 aromatic rings. The van der Waals surface area contributed by atoms with Crippen LogP contribution in [0.4, 0.5) is 0 Å². The van der Waals surface area contributed by atoms with E-state index in [1.54, 1.807) is 6.08 Å². The molecule has 130 valence electrons. The maximum absolute atomic E-state index is 10.3. The molecule has 0 amide bonds. The SMILES string of the molecule is CCCCC/C=C\C/C=C/C=C/[C@H](O)C/C=C\CCCC(=O)O. The third-order valence-electron chi connectivity index (χ3n) is 3.30. The fourth-order valence-electron chi connectivity index (χ4n) is 1.96. The molecule has 0 spiro atoms. The first-order chi connectivity index (χ1) is 11.2. The number of rotatable bonds is 14. The van der Waals surface area contributed by atoms with Crippen molar-refractivity contribution < 1.29 is 15.0 Å². The molecule has 0 aliphatic carbocycles. The first-order valence-corrected chi connectivity index (χ1v) is 8.70. The van der Waals surface area contributed by atoms with Crippen molar-refractivity contribution in [1.29, 1.82) is 0 Å². The normalized spacial score (nSPS) is 13.8. The second kappa shape index (κ2) is 16.8. The summed E-state index contributed by atoms with van der Waals surface area (Å²) in [6.07, 6.45) is 23.5. The van der Waals surface area contributed by atoms with Crippen molar-refractivity contribution in [2.45, 2.75) is 70.8 Å². The van der Waals surface area contributed by atoms with Gasteiger partial charge in [-0.25, -0.2) is 0 Å². The van der Waals surface area contributed by atoms with Crippen LogP contribution in [0, 0.1) is 0 Å². The Morgan fingerprint density at radius 1 is 0.957 bits per heavy atom. The van der Waals surface area contributed by atoms with Gasteiger partial charge in [-0.05, 0) is 38.5 Å². The van der Waals surface area contributed by atoms with Crippen molar-refractivity contribution in [3.05, 3.63) is 48.6 Å². The molecule has 0 aliphatic rings. The number of carbonyl (C=O) groups is 1. The van der Waals surface area contributed by atoms with E-state index < -0.39 is 12.1 Å². The van der Waals surface area contributed by atoms with Crippen LogP contribution in [-0.2, 0) is 4.79 Å². The van der Waals surface area contributed by atoms with E-state index in [-0.39, 0.29) is 6.42 Å². The van der Waals surface area contributed by atoms with Gasteiger partial charge in [-0.1, -0.05) is 68.4 Å². The first-order valence-electron chi connectivity index (χ1n) is 8.70. The van der Waals surface area contributed by atoms with Crippen LogP contribution in [0.3, 0.4) is 0 Å². The smallest absolute Gasteiger partial charge is 0.303 e. The van der Waals surface area contributed by atoms with Crippen molar-refractivity contribution >= 4 is 5.97 Å². The van der Waals surface area contributed by atoms with Gasteiger partial charge in [0.05, 0.1) is 6.10 Å². The fraction of sp³-hybridized carbons (Fsp3) is 0.550. The summed E-state index contributed by atoms with van der Waals surface area (Å²) in [5.41, 5.74) is 0. The number of hydrogen-bond donors (Lipinski definition) is 2. The standard InChI is InChI=1S/C20H32O3/c1-2-3-4-5-6-7-8-9-10-13-16-19(21)17-14-11-12-15-18-20(22)23/h6-7,9-11,13-14,16,19,21H,2-5,8,12,15,17-18H2,1H3,(H,22,23)/b7-6-,10-9+,14-11-,16-13+/t19-/m0/s1. The van der Waals surface area contributed by atoms with E-state index >= 15 is 0 Å². The Balaban J connectivity index is 3.63. The van der Waals surface area contributed by atoms with Gasteiger partial charge in [-0.2, -0.15) is 0 Å². The minimum absolute atomic E-state index is 0.199. The Labute approximate surface area is 141 Å². The molecular weight excluding hydrogens is 288 g/mol. The highest BCUT2D eigenvalue weighted by molar-refractivity contribution is 5.66. The molecule has 0 aliphatic heterocycles. The number of aliphatic hydroxyl groups excluding tert-OH is 1. The molecule has 0 fully saturated rings. The molecule has 0 saturated heterocycles. The summed E-state index contributed by atoms with van der Waals surface area (Å²) in [5.74, 6) is -0.760. The van der Waals surface area contributed by atoms with Crippen LogP contribution < -0.4 is 0 Å². The zero-order valence-electron chi connectivity index (χ0n) is 14.4. The van der Waals surface area contributed by atoms with Gasteiger partial charge in [-0.15, -0.1) is 0 Å². The Morgan fingerprint density at radius 3 is 2.43 bits per heavy atom. The lowest BCUT2D eigenvalue weighted by Gasteiger charge is -1.99. The molecule has 0 rings (SSSR count). The summed E-state index contributed by atoms with van der Waals surface area (Å²) in [7, 11) is 0. The minimum atomic E-state index is -0.760. The lowest BCUT2D eigenvalue weighted by atomic mass is 10.2. The van der Waals surface area contributed by atoms with Gasteiger partial charge in [0.2, 0.25) is 0 Å². The predicted molar refractivity (Wildman–Crippen MR) is 97.4 cm³/mol. The maximum Gasteiger partial charge on any atom is 0.303 e. The van der Waals surface area contributed by atoms with Gasteiger partial charge in [0.15, 0.2) is 0 Å². The molecule has 3 nitrogen and oxygen atoms in total. The highest BCUT2D eigenvalue weighted by Gasteiger charge is 1.95. The molecule has 0 saturated carbocycles. The molecule has 1 atom stereocenters. The van der Waals surface area contributed by atoms with Crippen molar-refractivity contribution in [3.8, 4) is 0 Å². The molecule has 0 aromatic carbocycles. The average molecular weight is 320 g/mol. The average Bonchev–Trinajstić information content (AvgIpc) is 2.52. The van der Waals surface area contributed by atoms with Crippen LogP contribution in [0.25, 0.3) is 0 Å². The third-order valence-corrected chi connectivity index (χ3v) is 3.30. The van der Waals surface area contributed by atoms with E-state index in [9.17, 15) is 9.90 Å². The van der Waals surface area contributed by atoms with Crippen molar-refractivity contribution in [2.24, 2.45) is 0 Å². The predicted octanol–water partition coefficient (Wildman–Crippen LogP) is 5.19. The van der Waals surface area contributed by atoms with Gasteiger partial charge in [0, 0.05) is 6.42 Å². The Morgan fingerprint density at radius 2 is 1.70 bits per heavy atom. The molecule has 0 aromatic heterocycles. The quantitative estimate of drug-likeness (QED) is 0.263. The number of carboxylic acids is 1. The first kappa shape index (κ1) is 21.4. The van der Waals surface area contributed by atoms with Crippen LogP contribution >= 0.6 is 0 Å². The lowest BCUT2D eigenvalue weighted by Crippen LogP contribution is -1.98. The maximum atomic E-state index is 10.3. The van der Waals surface area contributed by atoms with Crippen molar-refractivity contribution in [2.75, 3.05) is 0 Å². The molecule has 0 bridgehead atoms. The third kappa shape index (κ3) is 18.3. The molecule has 0 radical (unpaired) electrons. The number of unbranched alkanes of at least 4 members (excludes halogenated alkanes) is 4.